The SMILES string of the molecule is C.C.C.C.C.CC(C)=CCCC(C)=CCCC(C)=CC(=O)CC(C)C.CC(C=CC=C(C)CCC(C)C)=CCC1=C(C)CCCC1(C)C.CC(C=CCCCCC(C)C)=CCC1=C(C)CCCC1(C)C.CC=CC=CC(C)=CC=CC(C)=CCCC(C)C. The van der Waals surface area contributed by atoms with E-state index in [1.165, 1.54) is 134 Å². The number of unbranched alkanes of at least 4 members (excludes halogenated alkanes) is 2. The molecule has 0 saturated carbocycles. The monoisotopic (exact) mass is 1220 g/mol. The van der Waals surface area contributed by atoms with Gasteiger partial charge in [-0.3, -0.25) is 4.79 Å². The van der Waals surface area contributed by atoms with Gasteiger partial charge >= 0.3 is 0 Å². The van der Waals surface area contributed by atoms with Gasteiger partial charge in [0.1, 0.15) is 0 Å². The van der Waals surface area contributed by atoms with E-state index in [4.69, 9.17) is 0 Å². The molecule has 1 nitrogen and oxygen atoms in total. The quantitative estimate of drug-likeness (QED) is 0.0293. The van der Waals surface area contributed by atoms with E-state index in [9.17, 15) is 4.79 Å². The molecule has 2 rings (SSSR count). The lowest BCUT2D eigenvalue weighted by molar-refractivity contribution is -0.115. The smallest absolute Gasteiger partial charge is 0.155 e. The van der Waals surface area contributed by atoms with Crippen molar-refractivity contribution in [2.75, 3.05) is 0 Å². The normalized spacial score (nSPS) is 16.0. The van der Waals surface area contributed by atoms with E-state index in [2.05, 4.69) is 250 Å². The van der Waals surface area contributed by atoms with Gasteiger partial charge in [0.15, 0.2) is 5.78 Å². The third kappa shape index (κ3) is 57.0. The van der Waals surface area contributed by atoms with Crippen molar-refractivity contribution >= 4 is 5.78 Å². The minimum absolute atomic E-state index is 0. The summed E-state index contributed by atoms with van der Waals surface area (Å²) >= 11 is 0. The summed E-state index contributed by atoms with van der Waals surface area (Å²) in [6.45, 7) is 53.8. The van der Waals surface area contributed by atoms with Crippen LogP contribution in [0.25, 0.3) is 0 Å². The van der Waals surface area contributed by atoms with Gasteiger partial charge in [-0.2, -0.15) is 0 Å². The third-order valence-corrected chi connectivity index (χ3v) is 16.0. The summed E-state index contributed by atoms with van der Waals surface area (Å²) in [4.78, 5) is 11.7. The molecule has 0 unspecified atom stereocenters. The second-order valence-corrected chi connectivity index (χ2v) is 28.2. The van der Waals surface area contributed by atoms with Gasteiger partial charge in [-0.1, -0.05) is 303 Å². The summed E-state index contributed by atoms with van der Waals surface area (Å²) in [5.41, 5.74) is 18.3. The Morgan fingerprint density at radius 2 is 0.920 bits per heavy atom. The van der Waals surface area contributed by atoms with Crippen LogP contribution in [-0.4, -0.2) is 5.78 Å². The molecular formula is C87H156O. The van der Waals surface area contributed by atoms with Gasteiger partial charge in [0.05, 0.1) is 0 Å². The first-order valence-corrected chi connectivity index (χ1v) is 33.4. The Morgan fingerprint density at radius 3 is 1.40 bits per heavy atom. The van der Waals surface area contributed by atoms with Crippen molar-refractivity contribution < 1.29 is 4.79 Å². The Labute approximate surface area is 556 Å². The Morgan fingerprint density at radius 1 is 0.455 bits per heavy atom. The zero-order valence-electron chi connectivity index (χ0n) is 59.5. The highest BCUT2D eigenvalue weighted by Gasteiger charge is 2.28. The van der Waals surface area contributed by atoms with E-state index in [1.807, 2.05) is 25.2 Å². The van der Waals surface area contributed by atoms with E-state index >= 15 is 0 Å². The summed E-state index contributed by atoms with van der Waals surface area (Å²) in [6, 6.07) is 0. The molecule has 0 aliphatic heterocycles. The van der Waals surface area contributed by atoms with Crippen molar-refractivity contribution in [3.8, 4) is 0 Å². The van der Waals surface area contributed by atoms with Crippen molar-refractivity contribution in [1.82, 2.24) is 0 Å². The number of carbonyl (C=O) groups is 1. The minimum atomic E-state index is 0. The van der Waals surface area contributed by atoms with Crippen LogP contribution in [0.4, 0.5) is 0 Å². The molecule has 2 aliphatic carbocycles. The fourth-order valence-corrected chi connectivity index (χ4v) is 10.4. The molecule has 0 heterocycles. The number of hydrogen-bond donors (Lipinski definition) is 0. The molecule has 0 atom stereocenters. The van der Waals surface area contributed by atoms with E-state index in [-0.39, 0.29) is 42.9 Å². The average Bonchev–Trinajstić information content (AvgIpc) is 1.38. The maximum absolute atomic E-state index is 11.7. The first-order chi connectivity index (χ1) is 38.9. The predicted molar refractivity (Wildman–Crippen MR) is 415 cm³/mol. The zero-order chi connectivity index (χ0) is 63.4. The van der Waals surface area contributed by atoms with Crippen LogP contribution in [0.15, 0.2) is 176 Å². The fourth-order valence-electron chi connectivity index (χ4n) is 10.4. The Kier molecular flexibility index (Phi) is 64.1. The number of rotatable bonds is 31. The zero-order valence-corrected chi connectivity index (χ0v) is 59.5. The lowest BCUT2D eigenvalue weighted by atomic mass is 9.71. The van der Waals surface area contributed by atoms with Crippen LogP contribution in [0.1, 0.15) is 338 Å². The van der Waals surface area contributed by atoms with Crippen molar-refractivity contribution in [3.63, 3.8) is 0 Å². The second kappa shape index (κ2) is 57.9. The number of carbonyl (C=O) groups excluding carboxylic acids is 1. The highest BCUT2D eigenvalue weighted by Crippen LogP contribution is 2.43. The molecule has 0 radical (unpaired) electrons. The average molecular weight is 1220 g/mol. The molecule has 0 aromatic heterocycles. The minimum Gasteiger partial charge on any atom is -0.295 e. The summed E-state index contributed by atoms with van der Waals surface area (Å²) in [5, 5.41) is 0. The van der Waals surface area contributed by atoms with Crippen molar-refractivity contribution in [3.05, 3.63) is 176 Å². The van der Waals surface area contributed by atoms with Crippen LogP contribution in [0.3, 0.4) is 0 Å². The molecule has 88 heavy (non-hydrogen) atoms. The molecule has 2 aliphatic rings. The molecule has 0 N–H and O–H groups in total. The van der Waals surface area contributed by atoms with Gasteiger partial charge in [0.25, 0.3) is 0 Å². The lowest BCUT2D eigenvalue weighted by Crippen LogP contribution is -2.20. The molecule has 0 aromatic rings. The van der Waals surface area contributed by atoms with E-state index in [0.29, 0.717) is 23.2 Å². The Bertz CT molecular complexity index is 2280. The van der Waals surface area contributed by atoms with Gasteiger partial charge in [-0.05, 0) is 239 Å². The van der Waals surface area contributed by atoms with Crippen LogP contribution < -0.4 is 0 Å². The predicted octanol–water partition coefficient (Wildman–Crippen LogP) is 30.6. The van der Waals surface area contributed by atoms with Crippen LogP contribution in [0, 0.1) is 34.5 Å². The summed E-state index contributed by atoms with van der Waals surface area (Å²) in [5.74, 6) is 3.14. The first-order valence-electron chi connectivity index (χ1n) is 33.4. The molecular weight excluding hydrogens is 1060 g/mol. The van der Waals surface area contributed by atoms with E-state index in [1.54, 1.807) is 22.3 Å². The van der Waals surface area contributed by atoms with Gasteiger partial charge in [-0.25, -0.2) is 0 Å². The number of hydrogen-bond acceptors (Lipinski definition) is 1. The number of ketones is 1. The highest BCUT2D eigenvalue weighted by molar-refractivity contribution is 5.90. The largest absolute Gasteiger partial charge is 0.295 e. The van der Waals surface area contributed by atoms with Gasteiger partial charge in [0, 0.05) is 6.42 Å². The van der Waals surface area contributed by atoms with Crippen LogP contribution in [0.5, 0.6) is 0 Å². The van der Waals surface area contributed by atoms with Gasteiger partial charge < -0.3 is 0 Å². The van der Waals surface area contributed by atoms with Crippen molar-refractivity contribution in [1.29, 1.82) is 0 Å². The molecule has 0 amide bonds. The first kappa shape index (κ1) is 97.4. The van der Waals surface area contributed by atoms with Crippen molar-refractivity contribution in [2.45, 2.75) is 338 Å². The van der Waals surface area contributed by atoms with Gasteiger partial charge in [0.2, 0.25) is 0 Å². The highest BCUT2D eigenvalue weighted by atomic mass is 16.1. The maximum atomic E-state index is 11.7. The van der Waals surface area contributed by atoms with Crippen molar-refractivity contribution in [2.24, 2.45) is 34.5 Å². The summed E-state index contributed by atoms with van der Waals surface area (Å²) < 4.78 is 0. The van der Waals surface area contributed by atoms with Crippen LogP contribution in [-0.2, 0) is 4.79 Å². The topological polar surface area (TPSA) is 17.1 Å². The maximum Gasteiger partial charge on any atom is 0.155 e. The second-order valence-electron chi connectivity index (χ2n) is 28.2. The molecule has 0 aromatic carbocycles. The molecule has 0 fully saturated rings. The molecule has 510 valence electrons. The van der Waals surface area contributed by atoms with E-state index in [0.717, 1.165) is 56.3 Å². The van der Waals surface area contributed by atoms with Gasteiger partial charge in [-0.15, -0.1) is 0 Å². The lowest BCUT2D eigenvalue weighted by Gasteiger charge is -2.34. The molecule has 1 heteroatoms. The molecule has 0 saturated heterocycles. The summed E-state index contributed by atoms with van der Waals surface area (Å²) in [7, 11) is 0. The van der Waals surface area contributed by atoms with E-state index < -0.39 is 0 Å². The molecule has 0 bridgehead atoms. The van der Waals surface area contributed by atoms with Crippen LogP contribution >= 0.6 is 0 Å². The Balaban J connectivity index is -0.000000196. The summed E-state index contributed by atoms with van der Waals surface area (Å²) in [6.07, 6.45) is 65.1. The fraction of sp³-hybridized carbons (Fsp3) is 0.644. The number of allylic oxidation sites excluding steroid dienone is 30. The third-order valence-electron chi connectivity index (χ3n) is 16.0. The molecule has 0 spiro atoms. The standard InChI is InChI=1S/C23H38.C22H38.C19H32O.C18H28.5CH4/c1-18(2)13-14-19(3)10-8-11-20(4)15-16-22-21(5)12-9-17-23(22,6)7;1-18(2)12-9-7-8-10-13-19(3)15-16-21-20(4)14-11-17-22(21,5)6;1-15(2)9-7-10-17(5)11-8-12-18(6)14-19(20)13-16(3)4;1-6-7-8-12-17(4)14-10-15-18(5)13-9-11-16(2)3;;;;;/h8,10-11,15,18H,9,12-14,16-17H2,1-7H3;10,13,15,18H,7-9,11-12,14,16-17H2,1-6H3;9,11,14,16H,7-8,10,12-13H2,1-6H3;6-8,10,12-16H,9,11H2,1-5H3;5*1H4. The Hall–Kier alpha value is -4.23. The van der Waals surface area contributed by atoms with Crippen LogP contribution in [0.2, 0.25) is 0 Å².